The Morgan fingerprint density at radius 2 is 1.68 bits per heavy atom. The minimum absolute atomic E-state index is 0. The summed E-state index contributed by atoms with van der Waals surface area (Å²) in [5, 5.41) is 12.6. The normalized spacial score (nSPS) is 18.9. The van der Waals surface area contributed by atoms with E-state index < -0.39 is 12.2 Å². The van der Waals surface area contributed by atoms with Crippen LogP contribution in [0.15, 0.2) is 48.5 Å². The summed E-state index contributed by atoms with van der Waals surface area (Å²) in [4.78, 5) is 0. The van der Waals surface area contributed by atoms with Crippen LogP contribution in [0.3, 0.4) is 0 Å². The third-order valence-electron chi connectivity index (χ3n) is 3.64. The van der Waals surface area contributed by atoms with Gasteiger partial charge in [-0.2, -0.15) is 0 Å². The topological polar surface area (TPSA) is 108 Å². The maximum atomic E-state index is 9.85. The summed E-state index contributed by atoms with van der Waals surface area (Å²) in [6, 6.07) is 14.1. The van der Waals surface area contributed by atoms with Crippen LogP contribution in [0.1, 0.15) is 26.0 Å². The second-order valence-electron chi connectivity index (χ2n) is 5.85. The largest absolute Gasteiger partial charge is 0.468 e. The predicted molar refractivity (Wildman–Crippen MR) is 123 cm³/mol. The number of rotatable bonds is 10. The van der Waals surface area contributed by atoms with Gasteiger partial charge in [0.2, 0.25) is 0 Å². The summed E-state index contributed by atoms with van der Waals surface area (Å²) in [5.74, 6) is 1.27. The minimum atomic E-state index is -1.65. The molecule has 2 unspecified atom stereocenters. The van der Waals surface area contributed by atoms with E-state index >= 15 is 0 Å². The zero-order chi connectivity index (χ0) is 24.0. The zero-order valence-electron chi connectivity index (χ0n) is 20.4. The standard InChI is InChI=1S/C11H17NO3.C10H12O3.CH5N.ClH/c1-12-7-11(13)9-4-3-5-10(6-9)15-8-14-2;1-11-7-13-9-4-2-3-8(5-9)10-6-12-10;1-2;/h3-6,11-13H,7-8H2,1-2H3;2-5,10H,6-7H2,1H3;2H2,1H3;1H/i11D;10D;;. The highest BCUT2D eigenvalue weighted by Crippen LogP contribution is 2.31. The first-order valence-corrected chi connectivity index (χ1v) is 9.38. The summed E-state index contributed by atoms with van der Waals surface area (Å²) in [7, 11) is 6.29. The fourth-order valence-corrected chi connectivity index (χ4v) is 2.25. The van der Waals surface area contributed by atoms with Crippen molar-refractivity contribution in [3.8, 4) is 11.5 Å². The van der Waals surface area contributed by atoms with Crippen molar-refractivity contribution in [1.82, 2.24) is 5.32 Å². The number of methoxy groups -OCH3 is 2. The lowest BCUT2D eigenvalue weighted by Gasteiger charge is -2.12. The molecule has 2 aromatic carbocycles. The predicted octanol–water partition coefficient (Wildman–Crippen LogP) is 2.66. The highest BCUT2D eigenvalue weighted by molar-refractivity contribution is 5.85. The van der Waals surface area contributed by atoms with Crippen molar-refractivity contribution in [3.63, 3.8) is 0 Å². The van der Waals surface area contributed by atoms with Gasteiger partial charge in [0.25, 0.3) is 0 Å². The number of likely N-dealkylation sites (N-methyl/N-ethyl adjacent to an activating group) is 1. The number of halogens is 1. The molecule has 3 rings (SSSR count). The molecule has 9 heteroatoms. The molecule has 1 saturated heterocycles. The van der Waals surface area contributed by atoms with Crippen molar-refractivity contribution in [1.29, 1.82) is 0 Å². The fourth-order valence-electron chi connectivity index (χ4n) is 2.25. The number of nitrogens with one attached hydrogen (secondary N) is 1. The first-order valence-electron chi connectivity index (χ1n) is 10.4. The van der Waals surface area contributed by atoms with E-state index in [4.69, 9.17) is 26.4 Å². The molecule has 1 aliphatic rings. The number of aliphatic hydroxyl groups is 1. The van der Waals surface area contributed by atoms with Crippen molar-refractivity contribution in [2.75, 3.05) is 55.1 Å². The highest BCUT2D eigenvalue weighted by Gasteiger charge is 2.24. The van der Waals surface area contributed by atoms with Crippen LogP contribution in [-0.4, -0.2) is 60.2 Å². The molecule has 1 fully saturated rings. The Morgan fingerprint density at radius 3 is 2.19 bits per heavy atom. The van der Waals surface area contributed by atoms with Crippen LogP contribution in [0.5, 0.6) is 11.5 Å². The lowest BCUT2D eigenvalue weighted by molar-refractivity contribution is 0.0507. The van der Waals surface area contributed by atoms with Crippen LogP contribution in [0.4, 0.5) is 0 Å². The Labute approximate surface area is 193 Å². The van der Waals surface area contributed by atoms with Crippen molar-refractivity contribution >= 4 is 12.4 Å². The maximum Gasteiger partial charge on any atom is 0.188 e. The number of ether oxygens (including phenoxy) is 5. The molecule has 0 saturated carbocycles. The number of hydrogen-bond donors (Lipinski definition) is 3. The van der Waals surface area contributed by atoms with Crippen LogP contribution < -0.4 is 20.5 Å². The van der Waals surface area contributed by atoms with Crippen LogP contribution in [0.2, 0.25) is 0 Å². The maximum absolute atomic E-state index is 9.85. The molecule has 0 aromatic heterocycles. The minimum Gasteiger partial charge on any atom is -0.468 e. The van der Waals surface area contributed by atoms with E-state index in [1.165, 1.54) is 14.2 Å². The number of nitrogens with two attached hydrogens (primary N) is 1. The van der Waals surface area contributed by atoms with Gasteiger partial charge in [0, 0.05) is 20.8 Å². The van der Waals surface area contributed by atoms with Crippen LogP contribution >= 0.6 is 12.4 Å². The Balaban J connectivity index is 0.000000564. The first-order chi connectivity index (χ1) is 15.3. The average molecular weight is 461 g/mol. The molecule has 0 bridgehead atoms. The second kappa shape index (κ2) is 17.7. The third kappa shape index (κ3) is 11.9. The summed E-state index contributed by atoms with van der Waals surface area (Å²) in [5.41, 5.74) is 5.81. The van der Waals surface area contributed by atoms with Gasteiger partial charge >= 0.3 is 0 Å². The molecular formula is C22H35ClN2O6. The van der Waals surface area contributed by atoms with E-state index in [9.17, 15) is 5.11 Å². The lowest BCUT2D eigenvalue weighted by Crippen LogP contribution is -2.16. The van der Waals surface area contributed by atoms with Crippen LogP contribution in [0, 0.1) is 0 Å². The van der Waals surface area contributed by atoms with E-state index in [1.807, 2.05) is 18.2 Å². The van der Waals surface area contributed by atoms with Gasteiger partial charge in [-0.15, -0.1) is 12.4 Å². The van der Waals surface area contributed by atoms with Crippen molar-refractivity contribution in [3.05, 3.63) is 59.7 Å². The van der Waals surface area contributed by atoms with E-state index in [0.717, 1.165) is 5.56 Å². The van der Waals surface area contributed by atoms with Crippen LogP contribution in [-0.2, 0) is 14.2 Å². The molecule has 0 aliphatic carbocycles. The summed E-state index contributed by atoms with van der Waals surface area (Å²) in [6.45, 7) is 0.975. The molecule has 8 nitrogen and oxygen atoms in total. The van der Waals surface area contributed by atoms with Gasteiger partial charge in [-0.1, -0.05) is 24.3 Å². The third-order valence-corrected chi connectivity index (χ3v) is 3.64. The molecule has 1 heterocycles. The Morgan fingerprint density at radius 1 is 1.13 bits per heavy atom. The van der Waals surface area contributed by atoms with Gasteiger partial charge in [-0.25, -0.2) is 0 Å². The molecule has 1 aliphatic heterocycles. The first kappa shape index (κ1) is 25.4. The molecule has 0 radical (unpaired) electrons. The van der Waals surface area contributed by atoms with Gasteiger partial charge in [0.1, 0.15) is 17.6 Å². The number of benzene rings is 2. The van der Waals surface area contributed by atoms with E-state index in [-0.39, 0.29) is 32.5 Å². The second-order valence-corrected chi connectivity index (χ2v) is 5.85. The molecule has 2 aromatic rings. The summed E-state index contributed by atoms with van der Waals surface area (Å²) in [6.07, 6.45) is -2.49. The SMILES string of the molecule is CN.Cl.[2H]C(O)(CNC)c1cccc(OCOC)c1.[2H]C1(c2cccc(OCOC)c2)CO1. The number of hydrogen-bond acceptors (Lipinski definition) is 8. The van der Waals surface area contributed by atoms with E-state index in [1.54, 1.807) is 44.5 Å². The summed E-state index contributed by atoms with van der Waals surface area (Å²) < 4.78 is 40.6. The number of epoxide rings is 1. The van der Waals surface area contributed by atoms with Crippen LogP contribution in [0.25, 0.3) is 0 Å². The smallest absolute Gasteiger partial charge is 0.188 e. The van der Waals surface area contributed by atoms with Gasteiger partial charge in [-0.05, 0) is 49.5 Å². The molecule has 2 atom stereocenters. The molecule has 0 amide bonds. The zero-order valence-corrected chi connectivity index (χ0v) is 19.2. The van der Waals surface area contributed by atoms with Gasteiger partial charge in [0.15, 0.2) is 13.6 Å². The Kier molecular flexibility index (Phi) is 14.5. The van der Waals surface area contributed by atoms with Crippen molar-refractivity contribution in [2.45, 2.75) is 12.2 Å². The van der Waals surface area contributed by atoms with Gasteiger partial charge in [-0.3, -0.25) is 0 Å². The van der Waals surface area contributed by atoms with Crippen molar-refractivity contribution in [2.24, 2.45) is 5.73 Å². The summed E-state index contributed by atoms with van der Waals surface area (Å²) >= 11 is 0. The molecule has 0 spiro atoms. The fraction of sp³-hybridized carbons (Fsp3) is 0.455. The molecule has 4 N–H and O–H groups in total. The monoisotopic (exact) mass is 460 g/mol. The Hall–Kier alpha value is -1.91. The van der Waals surface area contributed by atoms with E-state index in [0.29, 0.717) is 23.7 Å². The van der Waals surface area contributed by atoms with E-state index in [2.05, 4.69) is 11.1 Å². The molecule has 31 heavy (non-hydrogen) atoms. The molecule has 176 valence electrons. The highest BCUT2D eigenvalue weighted by atomic mass is 35.5. The average Bonchev–Trinajstić information content (AvgIpc) is 3.57. The van der Waals surface area contributed by atoms with Crippen molar-refractivity contribution < 1.29 is 31.5 Å². The lowest BCUT2D eigenvalue weighted by atomic mass is 10.1. The van der Waals surface area contributed by atoms with Gasteiger partial charge < -0.3 is 39.8 Å². The van der Waals surface area contributed by atoms with Gasteiger partial charge in [0.05, 0.1) is 15.4 Å². The Bertz CT molecular complexity index is 797. The quantitative estimate of drug-likeness (QED) is 0.367. The molecular weight excluding hydrogens is 424 g/mol.